The molecule has 492 valence electrons. The fourth-order valence-electron chi connectivity index (χ4n) is 16.0. The number of phenols is 1. The number of aliphatic hydroxyl groups is 11. The Kier molecular flexibility index (Phi) is 19.8. The Bertz CT molecular complexity index is 2560. The van der Waals surface area contributed by atoms with E-state index >= 15 is 0 Å². The average Bonchev–Trinajstić information content (AvgIpc) is 1.61. The molecule has 27 nitrogen and oxygen atoms in total. The molecular weight excluding hydrogens is 1150 g/mol. The fraction of sp³-hybridized carbons (Fsp3) is 0.833. The Labute approximate surface area is 504 Å². The highest BCUT2D eigenvalue weighted by molar-refractivity contribution is 5.90. The summed E-state index contributed by atoms with van der Waals surface area (Å²) in [5.74, 6) is -2.11. The number of hydrogen-bond donors (Lipinski definition) is 12. The number of ketones is 1. The van der Waals surface area contributed by atoms with E-state index in [-0.39, 0.29) is 62.4 Å². The van der Waals surface area contributed by atoms with Gasteiger partial charge in [-0.05, 0) is 109 Å². The second kappa shape index (κ2) is 25.8. The number of methoxy groups -OCH3 is 2. The van der Waals surface area contributed by atoms with E-state index in [1.54, 1.807) is 20.8 Å². The van der Waals surface area contributed by atoms with E-state index in [2.05, 4.69) is 0 Å². The highest BCUT2D eigenvalue weighted by Gasteiger charge is 2.81. The summed E-state index contributed by atoms with van der Waals surface area (Å²) in [6.45, 7) is 8.55. The van der Waals surface area contributed by atoms with Gasteiger partial charge in [0.1, 0.15) is 95.8 Å². The van der Waals surface area contributed by atoms with Gasteiger partial charge in [-0.15, -0.1) is 0 Å². The van der Waals surface area contributed by atoms with Crippen molar-refractivity contribution in [3.05, 3.63) is 41.5 Å². The normalized spacial score (nSPS) is 50.1. The molecule has 0 radical (unpaired) electrons. The van der Waals surface area contributed by atoms with Gasteiger partial charge in [0.2, 0.25) is 0 Å². The molecule has 8 fully saturated rings. The minimum Gasteiger partial charge on any atom is -0.508 e. The minimum absolute atomic E-state index is 0.00647. The van der Waals surface area contributed by atoms with E-state index in [0.717, 1.165) is 5.57 Å². The molecule has 87 heavy (non-hydrogen) atoms. The van der Waals surface area contributed by atoms with Gasteiger partial charge in [-0.1, -0.05) is 18.6 Å². The largest absolute Gasteiger partial charge is 0.508 e. The van der Waals surface area contributed by atoms with Crippen molar-refractivity contribution in [3.8, 4) is 5.75 Å². The lowest BCUT2D eigenvalue weighted by molar-refractivity contribution is -0.376. The number of benzene rings is 1. The van der Waals surface area contributed by atoms with Crippen LogP contribution in [0.3, 0.4) is 0 Å². The summed E-state index contributed by atoms with van der Waals surface area (Å²) in [4.78, 5) is 27.1. The molecule has 5 saturated heterocycles. The number of fused-ring (bicyclic) bond motifs is 5. The van der Waals surface area contributed by atoms with Gasteiger partial charge in [-0.25, -0.2) is 4.79 Å². The van der Waals surface area contributed by atoms with E-state index in [9.17, 15) is 70.9 Å². The van der Waals surface area contributed by atoms with Crippen molar-refractivity contribution in [1.82, 2.24) is 0 Å². The monoisotopic (exact) mass is 1240 g/mol. The van der Waals surface area contributed by atoms with E-state index in [1.165, 1.54) is 52.3 Å². The second-order valence-corrected chi connectivity index (χ2v) is 25.9. The van der Waals surface area contributed by atoms with Crippen molar-refractivity contribution < 1.29 is 132 Å². The van der Waals surface area contributed by atoms with Gasteiger partial charge in [-0.2, -0.15) is 0 Å². The van der Waals surface area contributed by atoms with Crippen LogP contribution >= 0.6 is 0 Å². The number of carbonyl (C=O) groups is 2. The first kappa shape index (κ1) is 66.9. The molecule has 0 amide bonds. The maximum Gasteiger partial charge on any atom is 0.338 e. The number of hydrogen-bond acceptors (Lipinski definition) is 27. The van der Waals surface area contributed by atoms with Crippen LogP contribution < -0.4 is 0 Å². The fourth-order valence-corrected chi connectivity index (χ4v) is 16.0. The Morgan fingerprint density at radius 1 is 0.621 bits per heavy atom. The number of aromatic hydroxyl groups is 1. The third-order valence-corrected chi connectivity index (χ3v) is 21.2. The molecule has 30 unspecified atom stereocenters. The third-order valence-electron chi connectivity index (χ3n) is 21.2. The van der Waals surface area contributed by atoms with E-state index in [0.29, 0.717) is 19.3 Å². The molecule has 0 bridgehead atoms. The Morgan fingerprint density at radius 3 is 1.74 bits per heavy atom. The quantitative estimate of drug-likeness (QED) is 0.0657. The highest BCUT2D eigenvalue weighted by Crippen LogP contribution is 2.71. The van der Waals surface area contributed by atoms with Gasteiger partial charge >= 0.3 is 5.97 Å². The van der Waals surface area contributed by atoms with Crippen molar-refractivity contribution in [2.45, 2.75) is 270 Å². The van der Waals surface area contributed by atoms with Crippen LogP contribution in [-0.4, -0.2) is 265 Å². The lowest BCUT2D eigenvalue weighted by atomic mass is 9.42. The van der Waals surface area contributed by atoms with E-state index in [1.807, 2.05) is 13.0 Å². The van der Waals surface area contributed by atoms with Gasteiger partial charge in [-0.3, -0.25) is 4.79 Å². The van der Waals surface area contributed by atoms with Crippen LogP contribution in [-0.2, 0) is 66.4 Å². The number of Topliss-reactive ketones (excluding diaryl/α,β-unsaturated/α-hetero) is 1. The molecule has 4 aliphatic carbocycles. The van der Waals surface area contributed by atoms with Gasteiger partial charge in [0.05, 0.1) is 66.9 Å². The van der Waals surface area contributed by atoms with E-state index in [4.69, 9.17) is 61.6 Å². The predicted molar refractivity (Wildman–Crippen MR) is 293 cm³/mol. The zero-order valence-corrected chi connectivity index (χ0v) is 50.3. The smallest absolute Gasteiger partial charge is 0.338 e. The van der Waals surface area contributed by atoms with Crippen LogP contribution in [0, 0.1) is 16.7 Å². The highest BCUT2D eigenvalue weighted by atomic mass is 16.8. The van der Waals surface area contributed by atoms with Crippen LogP contribution in [0.25, 0.3) is 0 Å². The first-order valence-corrected chi connectivity index (χ1v) is 30.4. The summed E-state index contributed by atoms with van der Waals surface area (Å²) >= 11 is 0. The molecule has 10 rings (SSSR count). The van der Waals surface area contributed by atoms with E-state index < -0.39 is 200 Å². The second-order valence-electron chi connectivity index (χ2n) is 25.9. The number of phenolic OH excluding ortho intramolecular Hbond substituents is 1. The van der Waals surface area contributed by atoms with Gasteiger partial charge in [0, 0.05) is 39.4 Å². The maximum absolute atomic E-state index is 13.8. The predicted octanol–water partition coefficient (Wildman–Crippen LogP) is -0.999. The van der Waals surface area contributed by atoms with Gasteiger partial charge < -0.3 is 123 Å². The minimum atomic E-state index is -2.12. The molecule has 3 saturated carbocycles. The first-order chi connectivity index (χ1) is 41.1. The molecule has 27 heteroatoms. The Hall–Kier alpha value is -3.02. The zero-order chi connectivity index (χ0) is 63.0. The standard InChI is InChI=1S/C60H90O27/c1-26-49(34(65)20-41(77-26)80-33-14-15-56(5)31(19-33)13-16-59(73)39(56)23-40(83-53(71)30-9-11-32(64)12-10-30)57(6)58(72,29(4)63)17-18-60(57,59)74)84-42-21-35(75-7)50(27(2)78-42)85-43-22-36(76-8)51(28(3)79-43)86-55-48(70)46(68)52(38(25-62)82-55)87-54-47(69)45(67)44(66)37(24-61)81-54/h9-13,26-28,33-52,54-55,61-62,64-70,72-74H,14-25H2,1-8H3. The third kappa shape index (κ3) is 11.8. The summed E-state index contributed by atoms with van der Waals surface area (Å²) in [6, 6.07) is 5.48. The van der Waals surface area contributed by atoms with Crippen molar-refractivity contribution in [1.29, 1.82) is 0 Å². The van der Waals surface area contributed by atoms with Crippen molar-refractivity contribution in [2.75, 3.05) is 27.4 Å². The van der Waals surface area contributed by atoms with Crippen molar-refractivity contribution in [2.24, 2.45) is 16.7 Å². The molecule has 30 atom stereocenters. The summed E-state index contributed by atoms with van der Waals surface area (Å²) in [5, 5.41) is 133. The molecule has 0 aromatic heterocycles. The summed E-state index contributed by atoms with van der Waals surface area (Å²) in [7, 11) is 2.98. The first-order valence-electron chi connectivity index (χ1n) is 30.4. The van der Waals surface area contributed by atoms with Crippen LogP contribution in [0.5, 0.6) is 5.75 Å². The lowest BCUT2D eigenvalue weighted by Gasteiger charge is -2.67. The van der Waals surface area contributed by atoms with Crippen LogP contribution in [0.1, 0.15) is 116 Å². The SMILES string of the molecule is COC1CC(OC2C(O)CC(OC3CCC4(C)C(=CCC5(O)C4CC(OC(=O)c4ccc(O)cc4)C4(C)C(O)(C(C)=O)CCC54O)C3)OC2C)OC(C)C1OC1CC(OC)C(OC2OC(CO)C(OC3OC(CO)C(O)C(O)C3O)C(O)C2O)C(C)O1. The lowest BCUT2D eigenvalue weighted by Crippen LogP contribution is -2.78. The van der Waals surface area contributed by atoms with Gasteiger partial charge in [0.25, 0.3) is 0 Å². The average molecular weight is 1240 g/mol. The molecule has 1 aromatic carbocycles. The summed E-state index contributed by atoms with van der Waals surface area (Å²) < 4.78 is 79.7. The number of rotatable bonds is 17. The number of esters is 1. The molecule has 0 spiro atoms. The van der Waals surface area contributed by atoms with Crippen molar-refractivity contribution >= 4 is 11.8 Å². The topological polar surface area (TPSA) is 397 Å². The molecule has 5 heterocycles. The number of ether oxygens (including phenoxy) is 13. The molecule has 5 aliphatic heterocycles. The number of carbonyl (C=O) groups excluding carboxylic acids is 2. The zero-order valence-electron chi connectivity index (χ0n) is 50.3. The van der Waals surface area contributed by atoms with Gasteiger partial charge in [0.15, 0.2) is 37.2 Å². The summed E-state index contributed by atoms with van der Waals surface area (Å²) in [6.07, 6.45) is -23.8. The van der Waals surface area contributed by atoms with Crippen LogP contribution in [0.4, 0.5) is 0 Å². The van der Waals surface area contributed by atoms with Crippen molar-refractivity contribution in [3.63, 3.8) is 0 Å². The van der Waals surface area contributed by atoms with Crippen LogP contribution in [0.2, 0.25) is 0 Å². The number of aliphatic hydroxyl groups excluding tert-OH is 8. The summed E-state index contributed by atoms with van der Waals surface area (Å²) in [5.41, 5.74) is -7.42. The molecule has 9 aliphatic rings. The molecule has 12 N–H and O–H groups in total. The maximum atomic E-state index is 13.8. The van der Waals surface area contributed by atoms with Crippen LogP contribution in [0.15, 0.2) is 35.9 Å². The molecular formula is C60H90O27. The Morgan fingerprint density at radius 2 is 1.16 bits per heavy atom. The molecule has 1 aromatic rings. The Balaban J connectivity index is 0.720.